The van der Waals surface area contributed by atoms with Crippen molar-refractivity contribution in [3.8, 4) is 0 Å². The molecule has 0 aliphatic carbocycles. The number of fused-ring (bicyclic) bond motifs is 5. The number of halogens is 1. The van der Waals surface area contributed by atoms with Crippen molar-refractivity contribution in [3.63, 3.8) is 0 Å². The number of pyridine rings is 1. The van der Waals surface area contributed by atoms with Gasteiger partial charge in [0, 0.05) is 53.3 Å². The van der Waals surface area contributed by atoms with Crippen molar-refractivity contribution in [1.29, 1.82) is 0 Å². The van der Waals surface area contributed by atoms with E-state index in [4.69, 9.17) is 16.3 Å². The summed E-state index contributed by atoms with van der Waals surface area (Å²) in [5.41, 5.74) is 2.52. The third kappa shape index (κ3) is 3.67. The molecule has 0 saturated heterocycles. The fourth-order valence-corrected chi connectivity index (χ4v) is 4.79. The van der Waals surface area contributed by atoms with Crippen LogP contribution in [0.2, 0.25) is 5.28 Å². The molecule has 5 heterocycles. The first-order chi connectivity index (χ1) is 15.0. The van der Waals surface area contributed by atoms with Gasteiger partial charge in [0.15, 0.2) is 5.82 Å². The van der Waals surface area contributed by atoms with Crippen LogP contribution in [0.15, 0.2) is 24.5 Å². The average molecular weight is 458 g/mol. The summed E-state index contributed by atoms with van der Waals surface area (Å²) in [6, 6.07) is 3.96. The minimum Gasteiger partial charge on any atom is -0.381 e. The summed E-state index contributed by atoms with van der Waals surface area (Å²) in [5.74, 6) is 1.09. The predicted molar refractivity (Wildman–Crippen MR) is 122 cm³/mol. The molecule has 3 N–H and O–H groups in total. The quantitative estimate of drug-likeness (QED) is 0.391. The zero-order valence-electron chi connectivity index (χ0n) is 16.9. The number of ether oxygens (including phenoxy) is 1. The maximum absolute atomic E-state index is 12.6. The number of amides is 1. The highest BCUT2D eigenvalue weighted by Gasteiger charge is 2.25. The zero-order chi connectivity index (χ0) is 21.5. The molecule has 9 nitrogen and oxygen atoms in total. The first-order valence-electron chi connectivity index (χ1n) is 9.89. The van der Waals surface area contributed by atoms with Gasteiger partial charge >= 0.3 is 0 Å². The van der Waals surface area contributed by atoms with Crippen LogP contribution in [0.1, 0.15) is 29.1 Å². The zero-order valence-corrected chi connectivity index (χ0v) is 18.5. The molecule has 0 unspecified atom stereocenters. The van der Waals surface area contributed by atoms with Gasteiger partial charge in [-0.15, -0.1) is 11.3 Å². The molecule has 0 aromatic carbocycles. The van der Waals surface area contributed by atoms with E-state index >= 15 is 0 Å². The van der Waals surface area contributed by atoms with E-state index in [9.17, 15) is 4.79 Å². The van der Waals surface area contributed by atoms with Crippen LogP contribution in [-0.4, -0.2) is 44.7 Å². The van der Waals surface area contributed by atoms with Crippen molar-refractivity contribution in [2.24, 2.45) is 0 Å². The van der Waals surface area contributed by atoms with Gasteiger partial charge in [-0.05, 0) is 31.5 Å². The molecule has 4 aromatic rings. The molecule has 1 amide bonds. The third-order valence-electron chi connectivity index (χ3n) is 5.01. The van der Waals surface area contributed by atoms with Crippen molar-refractivity contribution in [2.45, 2.75) is 26.5 Å². The normalized spacial score (nSPS) is 16.1. The lowest BCUT2D eigenvalue weighted by atomic mass is 10.2. The van der Waals surface area contributed by atoms with Crippen molar-refractivity contribution >= 4 is 61.8 Å². The van der Waals surface area contributed by atoms with E-state index in [0.29, 0.717) is 36.3 Å². The summed E-state index contributed by atoms with van der Waals surface area (Å²) in [5, 5.41) is 15.4. The maximum atomic E-state index is 12.6. The Hall–Kier alpha value is -2.95. The number of rotatable bonds is 5. The number of hydrogen-bond acceptors (Lipinski definition) is 8. The number of thiophene rings is 1. The van der Waals surface area contributed by atoms with Crippen LogP contribution in [0.5, 0.6) is 0 Å². The van der Waals surface area contributed by atoms with Gasteiger partial charge in [0.2, 0.25) is 5.28 Å². The fourth-order valence-electron chi connectivity index (χ4n) is 3.57. The smallest absolute Gasteiger partial charge is 0.263 e. The Balaban J connectivity index is 1.58. The Morgan fingerprint density at radius 1 is 1.45 bits per heavy atom. The van der Waals surface area contributed by atoms with Gasteiger partial charge in [-0.1, -0.05) is 0 Å². The van der Waals surface area contributed by atoms with E-state index < -0.39 is 0 Å². The summed E-state index contributed by atoms with van der Waals surface area (Å²) < 4.78 is 8.31. The molecule has 0 radical (unpaired) electrons. The number of nitrogens with one attached hydrogen (secondary N) is 3. The van der Waals surface area contributed by atoms with Crippen LogP contribution >= 0.6 is 22.9 Å². The number of carbonyl (C=O) groups excluding carboxylic acids is 1. The molecule has 0 spiro atoms. The van der Waals surface area contributed by atoms with Gasteiger partial charge in [0.05, 0.1) is 17.8 Å². The third-order valence-corrected chi connectivity index (χ3v) is 6.34. The van der Waals surface area contributed by atoms with E-state index in [1.165, 1.54) is 11.3 Å². The Morgan fingerprint density at radius 3 is 3.16 bits per heavy atom. The molecule has 160 valence electrons. The molecule has 1 aliphatic heterocycles. The monoisotopic (exact) mass is 457 g/mol. The number of anilines is 3. The molecule has 1 atom stereocenters. The number of hydrogen-bond donors (Lipinski definition) is 3. The Labute approximate surface area is 186 Å². The largest absolute Gasteiger partial charge is 0.381 e. The molecule has 0 saturated carbocycles. The van der Waals surface area contributed by atoms with Crippen LogP contribution in [0.25, 0.3) is 15.6 Å². The molecule has 1 aliphatic rings. The van der Waals surface area contributed by atoms with E-state index in [1.807, 2.05) is 32.2 Å². The lowest BCUT2D eigenvalue weighted by Gasteiger charge is -2.09. The lowest BCUT2D eigenvalue weighted by molar-refractivity contribution is 0.0949. The Morgan fingerprint density at radius 2 is 2.32 bits per heavy atom. The summed E-state index contributed by atoms with van der Waals surface area (Å²) in [7, 11) is 0. The molecule has 0 fully saturated rings. The molecule has 5 rings (SSSR count). The van der Waals surface area contributed by atoms with Crippen molar-refractivity contribution in [2.75, 3.05) is 23.8 Å². The summed E-state index contributed by atoms with van der Waals surface area (Å²) in [4.78, 5) is 21.6. The second kappa shape index (κ2) is 7.95. The highest BCUT2D eigenvalue weighted by atomic mass is 35.5. The van der Waals surface area contributed by atoms with Crippen LogP contribution in [0, 0.1) is 0 Å². The maximum Gasteiger partial charge on any atom is 0.263 e. The van der Waals surface area contributed by atoms with Gasteiger partial charge in [-0.3, -0.25) is 4.79 Å². The number of aromatic nitrogens is 4. The predicted octanol–water partition coefficient (Wildman–Crippen LogP) is 3.82. The first kappa shape index (κ1) is 20.0. The van der Waals surface area contributed by atoms with Crippen molar-refractivity contribution in [3.05, 3.63) is 40.3 Å². The number of carbonyl (C=O) groups is 1. The van der Waals surface area contributed by atoms with Crippen LogP contribution < -0.4 is 16.0 Å². The SMILES string of the molecule is CCOCc1cnc(Cl)nc1Nc1cc2c3c4c(sc3ccn2n1)C(=O)N[C@H](C)CN4. The second-order valence-corrected chi connectivity index (χ2v) is 8.64. The molecule has 31 heavy (non-hydrogen) atoms. The summed E-state index contributed by atoms with van der Waals surface area (Å²) in [6.07, 6.45) is 3.52. The Kier molecular flexibility index (Phi) is 5.12. The van der Waals surface area contributed by atoms with Gasteiger partial charge in [0.25, 0.3) is 5.91 Å². The van der Waals surface area contributed by atoms with Crippen molar-refractivity contribution in [1.82, 2.24) is 24.9 Å². The van der Waals surface area contributed by atoms with E-state index in [-0.39, 0.29) is 17.2 Å². The van der Waals surface area contributed by atoms with Gasteiger partial charge in [0.1, 0.15) is 10.7 Å². The minimum atomic E-state index is -0.0547. The van der Waals surface area contributed by atoms with Crippen LogP contribution in [0.3, 0.4) is 0 Å². The second-order valence-electron chi connectivity index (χ2n) is 7.25. The van der Waals surface area contributed by atoms with Gasteiger partial charge < -0.3 is 20.7 Å². The van der Waals surface area contributed by atoms with E-state index in [0.717, 1.165) is 26.9 Å². The molecular formula is C20H20ClN7O2S. The topological polar surface area (TPSA) is 105 Å². The van der Waals surface area contributed by atoms with Crippen molar-refractivity contribution < 1.29 is 9.53 Å². The highest BCUT2D eigenvalue weighted by molar-refractivity contribution is 7.21. The summed E-state index contributed by atoms with van der Waals surface area (Å²) in [6.45, 7) is 5.51. The van der Waals surface area contributed by atoms with E-state index in [2.05, 4.69) is 31.0 Å². The summed E-state index contributed by atoms with van der Waals surface area (Å²) >= 11 is 7.48. The van der Waals surface area contributed by atoms with Crippen LogP contribution in [0.4, 0.5) is 17.3 Å². The average Bonchev–Trinajstić information content (AvgIpc) is 3.28. The standard InChI is InChI=1S/C20H20ClN7O2S/c1-3-30-9-11-8-23-20(21)26-18(11)25-14-6-12-15-13(4-5-28(12)27-14)31-17-16(15)22-7-10(2)24-19(17)29/h4-6,8,10,22H,3,7,9H2,1-2H3,(H,24,29)(H,23,25,26,27)/t10-/m1/s1. The molecular weight excluding hydrogens is 438 g/mol. The van der Waals surface area contributed by atoms with E-state index in [1.54, 1.807) is 10.7 Å². The molecule has 0 bridgehead atoms. The minimum absolute atomic E-state index is 0.0512. The molecule has 4 aromatic heterocycles. The van der Waals surface area contributed by atoms with Gasteiger partial charge in [-0.2, -0.15) is 5.10 Å². The lowest BCUT2D eigenvalue weighted by Crippen LogP contribution is -2.34. The number of nitrogens with zero attached hydrogens (tertiary/aromatic N) is 4. The van der Waals surface area contributed by atoms with Gasteiger partial charge in [-0.25, -0.2) is 14.5 Å². The van der Waals surface area contributed by atoms with Crippen LogP contribution in [-0.2, 0) is 11.3 Å². The molecule has 11 heteroatoms. The fraction of sp³-hybridized carbons (Fsp3) is 0.300. The first-order valence-corrected chi connectivity index (χ1v) is 11.1. The highest BCUT2D eigenvalue weighted by Crippen LogP contribution is 2.40. The Bertz CT molecular complexity index is 1300.